The lowest BCUT2D eigenvalue weighted by atomic mass is 10.1. The molecule has 17 heavy (non-hydrogen) atoms. The molecule has 94 valence electrons. The number of carbonyl (C=O) groups excluding carboxylic acids is 1. The van der Waals surface area contributed by atoms with Crippen LogP contribution in [0.5, 0.6) is 0 Å². The van der Waals surface area contributed by atoms with Gasteiger partial charge in [-0.05, 0) is 11.4 Å². The third-order valence-electron chi connectivity index (χ3n) is 2.50. The third-order valence-corrected chi connectivity index (χ3v) is 3.38. The molecule has 0 aliphatic rings. The highest BCUT2D eigenvalue weighted by molar-refractivity contribution is 7.10. The summed E-state index contributed by atoms with van der Waals surface area (Å²) in [6, 6.07) is 3.86. The number of carbonyl (C=O) groups is 1. The zero-order chi connectivity index (χ0) is 12.8. The second-order valence-corrected chi connectivity index (χ2v) is 4.99. The Labute approximate surface area is 105 Å². The maximum absolute atomic E-state index is 11.8. The standard InChI is InChI=1S/C11H17N3O2S/c1-8(11(12)13-16)7-14(2)10(15)6-9-4-3-5-17-9/h3-5,8,16H,6-7H2,1-2H3,(H2,12,13). The van der Waals surface area contributed by atoms with Crippen molar-refractivity contribution < 1.29 is 10.0 Å². The van der Waals surface area contributed by atoms with Crippen molar-refractivity contribution in [3.05, 3.63) is 22.4 Å². The molecular formula is C11H17N3O2S. The summed E-state index contributed by atoms with van der Waals surface area (Å²) in [5.74, 6) is 0.0168. The predicted octanol–water partition coefficient (Wildman–Crippen LogP) is 1.13. The maximum Gasteiger partial charge on any atom is 0.227 e. The van der Waals surface area contributed by atoms with Crippen molar-refractivity contribution in [3.8, 4) is 0 Å². The highest BCUT2D eigenvalue weighted by Crippen LogP contribution is 2.10. The zero-order valence-electron chi connectivity index (χ0n) is 9.96. The Morgan fingerprint density at radius 1 is 1.71 bits per heavy atom. The van der Waals surface area contributed by atoms with E-state index in [2.05, 4.69) is 5.16 Å². The summed E-state index contributed by atoms with van der Waals surface area (Å²) in [6.45, 7) is 2.25. The van der Waals surface area contributed by atoms with Gasteiger partial charge in [-0.1, -0.05) is 18.1 Å². The molecule has 5 nitrogen and oxygen atoms in total. The van der Waals surface area contributed by atoms with Gasteiger partial charge in [-0.2, -0.15) is 0 Å². The van der Waals surface area contributed by atoms with Crippen LogP contribution >= 0.6 is 11.3 Å². The Kier molecular flexibility index (Phi) is 4.96. The van der Waals surface area contributed by atoms with Crippen LogP contribution in [0.1, 0.15) is 11.8 Å². The van der Waals surface area contributed by atoms with Gasteiger partial charge in [0.1, 0.15) is 5.84 Å². The number of amidine groups is 1. The van der Waals surface area contributed by atoms with Crippen LogP contribution in [0.4, 0.5) is 0 Å². The summed E-state index contributed by atoms with van der Waals surface area (Å²) >= 11 is 1.56. The monoisotopic (exact) mass is 255 g/mol. The fourth-order valence-electron chi connectivity index (χ4n) is 1.40. The van der Waals surface area contributed by atoms with Crippen molar-refractivity contribution in [3.63, 3.8) is 0 Å². The van der Waals surface area contributed by atoms with Crippen LogP contribution in [0.15, 0.2) is 22.7 Å². The summed E-state index contributed by atoms with van der Waals surface area (Å²) in [5, 5.41) is 13.4. The second-order valence-electron chi connectivity index (χ2n) is 3.96. The van der Waals surface area contributed by atoms with Gasteiger partial charge in [-0.25, -0.2) is 0 Å². The van der Waals surface area contributed by atoms with E-state index in [-0.39, 0.29) is 17.7 Å². The molecule has 0 radical (unpaired) electrons. The number of nitrogens with zero attached hydrogens (tertiary/aromatic N) is 2. The van der Waals surface area contributed by atoms with Gasteiger partial charge < -0.3 is 15.8 Å². The smallest absolute Gasteiger partial charge is 0.227 e. The molecule has 0 aliphatic carbocycles. The summed E-state index contributed by atoms with van der Waals surface area (Å²) in [4.78, 5) is 14.5. The molecule has 1 aromatic heterocycles. The summed E-state index contributed by atoms with van der Waals surface area (Å²) in [5.41, 5.74) is 5.47. The number of rotatable bonds is 5. The highest BCUT2D eigenvalue weighted by atomic mass is 32.1. The van der Waals surface area contributed by atoms with Crippen molar-refractivity contribution in [2.75, 3.05) is 13.6 Å². The van der Waals surface area contributed by atoms with Gasteiger partial charge in [0.05, 0.1) is 6.42 Å². The molecule has 3 N–H and O–H groups in total. The van der Waals surface area contributed by atoms with Crippen molar-refractivity contribution in [1.29, 1.82) is 0 Å². The van der Waals surface area contributed by atoms with Crippen molar-refractivity contribution in [2.24, 2.45) is 16.8 Å². The number of amides is 1. The summed E-state index contributed by atoms with van der Waals surface area (Å²) in [7, 11) is 1.72. The molecule has 0 saturated carbocycles. The molecule has 6 heteroatoms. The number of likely N-dealkylation sites (N-methyl/N-ethyl adjacent to an activating group) is 1. The Morgan fingerprint density at radius 3 is 2.94 bits per heavy atom. The van der Waals surface area contributed by atoms with E-state index in [0.717, 1.165) is 4.88 Å². The van der Waals surface area contributed by atoms with Crippen LogP contribution in [0.2, 0.25) is 0 Å². The fraction of sp³-hybridized carbons (Fsp3) is 0.455. The number of hydrogen-bond acceptors (Lipinski definition) is 4. The van der Waals surface area contributed by atoms with Crippen molar-refractivity contribution in [1.82, 2.24) is 4.90 Å². The summed E-state index contributed by atoms with van der Waals surface area (Å²) in [6.07, 6.45) is 0.400. The predicted molar refractivity (Wildman–Crippen MR) is 68.2 cm³/mol. The lowest BCUT2D eigenvalue weighted by Crippen LogP contribution is -2.36. The first-order chi connectivity index (χ1) is 8.04. The molecule has 0 saturated heterocycles. The Morgan fingerprint density at radius 2 is 2.41 bits per heavy atom. The van der Waals surface area contributed by atoms with Crippen LogP contribution in [-0.2, 0) is 11.2 Å². The SMILES string of the molecule is CC(CN(C)C(=O)Cc1cccs1)/C(N)=N/O. The molecule has 1 atom stereocenters. The van der Waals surface area contributed by atoms with Crippen LogP contribution in [0.3, 0.4) is 0 Å². The molecule has 0 fully saturated rings. The minimum absolute atomic E-state index is 0.0324. The molecular weight excluding hydrogens is 238 g/mol. The topological polar surface area (TPSA) is 78.9 Å². The highest BCUT2D eigenvalue weighted by Gasteiger charge is 2.15. The molecule has 1 aromatic rings. The first-order valence-electron chi connectivity index (χ1n) is 5.28. The van der Waals surface area contributed by atoms with Crippen LogP contribution in [-0.4, -0.2) is 35.4 Å². The van der Waals surface area contributed by atoms with Gasteiger partial charge in [0, 0.05) is 24.4 Å². The third kappa shape index (κ3) is 4.07. The number of oxime groups is 1. The first kappa shape index (κ1) is 13.5. The minimum atomic E-state index is -0.155. The number of nitrogens with two attached hydrogens (primary N) is 1. The van der Waals surface area contributed by atoms with E-state index in [1.54, 1.807) is 23.3 Å². The lowest BCUT2D eigenvalue weighted by Gasteiger charge is -2.20. The van der Waals surface area contributed by atoms with E-state index in [0.29, 0.717) is 13.0 Å². The molecule has 1 heterocycles. The van der Waals surface area contributed by atoms with Crippen LogP contribution in [0.25, 0.3) is 0 Å². The Balaban J connectivity index is 2.47. The Hall–Kier alpha value is -1.56. The van der Waals surface area contributed by atoms with Gasteiger partial charge in [-0.3, -0.25) is 4.79 Å². The van der Waals surface area contributed by atoms with Crippen molar-refractivity contribution >= 4 is 23.1 Å². The molecule has 1 amide bonds. The maximum atomic E-state index is 11.8. The largest absolute Gasteiger partial charge is 0.409 e. The summed E-state index contributed by atoms with van der Waals surface area (Å²) < 4.78 is 0. The number of thiophene rings is 1. The first-order valence-corrected chi connectivity index (χ1v) is 6.16. The molecule has 0 aliphatic heterocycles. The Bertz CT molecular complexity index is 389. The quantitative estimate of drug-likeness (QED) is 0.358. The van der Waals surface area contributed by atoms with E-state index in [4.69, 9.17) is 10.9 Å². The molecule has 1 rings (SSSR count). The van der Waals surface area contributed by atoms with E-state index in [1.165, 1.54) is 0 Å². The molecule has 0 bridgehead atoms. The van der Waals surface area contributed by atoms with Gasteiger partial charge in [-0.15, -0.1) is 11.3 Å². The van der Waals surface area contributed by atoms with Crippen LogP contribution in [0, 0.1) is 5.92 Å². The molecule has 1 unspecified atom stereocenters. The molecule has 0 aromatic carbocycles. The van der Waals surface area contributed by atoms with Gasteiger partial charge in [0.15, 0.2) is 0 Å². The van der Waals surface area contributed by atoms with Gasteiger partial charge in [0.25, 0.3) is 0 Å². The average Bonchev–Trinajstić information content (AvgIpc) is 2.80. The van der Waals surface area contributed by atoms with Crippen molar-refractivity contribution in [2.45, 2.75) is 13.3 Å². The van der Waals surface area contributed by atoms with Crippen LogP contribution < -0.4 is 5.73 Å². The van der Waals surface area contributed by atoms with E-state index >= 15 is 0 Å². The fourth-order valence-corrected chi connectivity index (χ4v) is 2.10. The second kappa shape index (κ2) is 6.24. The lowest BCUT2D eigenvalue weighted by molar-refractivity contribution is -0.129. The van der Waals surface area contributed by atoms with E-state index in [1.807, 2.05) is 24.4 Å². The van der Waals surface area contributed by atoms with Gasteiger partial charge >= 0.3 is 0 Å². The number of hydrogen-bond donors (Lipinski definition) is 2. The average molecular weight is 255 g/mol. The van der Waals surface area contributed by atoms with E-state index < -0.39 is 0 Å². The van der Waals surface area contributed by atoms with E-state index in [9.17, 15) is 4.79 Å². The normalized spacial score (nSPS) is 13.4. The minimum Gasteiger partial charge on any atom is -0.409 e. The van der Waals surface area contributed by atoms with Gasteiger partial charge in [0.2, 0.25) is 5.91 Å². The molecule has 0 spiro atoms. The zero-order valence-corrected chi connectivity index (χ0v) is 10.8.